The molecule has 4 N–H and O–H groups in total. The largest absolute Gasteiger partial charge is 0.376 e. The van der Waals surface area contributed by atoms with Crippen LogP contribution in [0.2, 0.25) is 5.02 Å². The summed E-state index contributed by atoms with van der Waals surface area (Å²) in [6.07, 6.45) is 0.775. The zero-order valence-electron chi connectivity index (χ0n) is 11.7. The van der Waals surface area contributed by atoms with Gasteiger partial charge in [-0.3, -0.25) is 0 Å². The van der Waals surface area contributed by atoms with Crippen molar-refractivity contribution in [2.45, 2.75) is 38.5 Å². The maximum Gasteiger partial charge on any atom is 0.319 e. The minimum absolute atomic E-state index is 0.00218. The zero-order valence-corrected chi connectivity index (χ0v) is 12.4. The fourth-order valence-corrected chi connectivity index (χ4v) is 2.40. The van der Waals surface area contributed by atoms with Gasteiger partial charge in [-0.1, -0.05) is 17.7 Å². The molecule has 6 heteroatoms. The molecule has 0 bridgehead atoms. The van der Waals surface area contributed by atoms with Crippen LogP contribution in [0.15, 0.2) is 18.2 Å². The van der Waals surface area contributed by atoms with Gasteiger partial charge in [0, 0.05) is 23.4 Å². The van der Waals surface area contributed by atoms with Crippen molar-refractivity contribution < 1.29 is 9.53 Å². The van der Waals surface area contributed by atoms with E-state index in [1.165, 1.54) is 0 Å². The smallest absolute Gasteiger partial charge is 0.319 e. The van der Waals surface area contributed by atoms with Gasteiger partial charge in [-0.05, 0) is 38.0 Å². The summed E-state index contributed by atoms with van der Waals surface area (Å²) in [5.41, 5.74) is 7.50. The van der Waals surface area contributed by atoms with Crippen LogP contribution in [0, 0.1) is 6.92 Å². The Kier molecular flexibility index (Phi) is 4.86. The first kappa shape index (κ1) is 15.1. The summed E-state index contributed by atoms with van der Waals surface area (Å²) in [5.74, 6) is 0. The molecule has 0 spiro atoms. The molecular weight excluding hydrogens is 278 g/mol. The van der Waals surface area contributed by atoms with Gasteiger partial charge >= 0.3 is 6.03 Å². The van der Waals surface area contributed by atoms with E-state index in [0.717, 1.165) is 12.0 Å². The number of hydrogen-bond acceptors (Lipinski definition) is 3. The highest BCUT2D eigenvalue weighted by Gasteiger charge is 2.40. The van der Waals surface area contributed by atoms with Gasteiger partial charge in [-0.2, -0.15) is 0 Å². The Morgan fingerprint density at radius 1 is 1.55 bits per heavy atom. The van der Waals surface area contributed by atoms with Crippen molar-refractivity contribution >= 4 is 23.3 Å². The number of carbonyl (C=O) groups excluding carboxylic acids is 1. The van der Waals surface area contributed by atoms with E-state index in [9.17, 15) is 4.79 Å². The van der Waals surface area contributed by atoms with Crippen molar-refractivity contribution in [1.82, 2.24) is 5.32 Å². The number of benzene rings is 1. The fourth-order valence-electron chi connectivity index (χ4n) is 2.22. The van der Waals surface area contributed by atoms with Gasteiger partial charge in [-0.15, -0.1) is 0 Å². The van der Waals surface area contributed by atoms with E-state index < -0.39 is 0 Å². The molecule has 110 valence electrons. The van der Waals surface area contributed by atoms with Gasteiger partial charge in [0.2, 0.25) is 0 Å². The second-order valence-corrected chi connectivity index (χ2v) is 5.39. The van der Waals surface area contributed by atoms with E-state index in [4.69, 9.17) is 22.1 Å². The molecule has 0 aromatic heterocycles. The third-order valence-corrected chi connectivity index (χ3v) is 3.88. The topological polar surface area (TPSA) is 76.4 Å². The molecule has 0 radical (unpaired) electrons. The van der Waals surface area contributed by atoms with Crippen LogP contribution in [0.3, 0.4) is 0 Å². The van der Waals surface area contributed by atoms with Crippen LogP contribution in [0.4, 0.5) is 10.5 Å². The Morgan fingerprint density at radius 3 is 2.90 bits per heavy atom. The van der Waals surface area contributed by atoms with Gasteiger partial charge in [0.15, 0.2) is 0 Å². The maximum atomic E-state index is 11.9. The molecule has 2 rings (SSSR count). The molecule has 20 heavy (non-hydrogen) atoms. The van der Waals surface area contributed by atoms with Crippen molar-refractivity contribution in [3.8, 4) is 0 Å². The van der Waals surface area contributed by atoms with E-state index in [1.54, 1.807) is 6.07 Å². The van der Waals surface area contributed by atoms with Gasteiger partial charge in [0.1, 0.15) is 0 Å². The van der Waals surface area contributed by atoms with Gasteiger partial charge < -0.3 is 21.1 Å². The lowest BCUT2D eigenvalue weighted by atomic mass is 9.83. The molecule has 3 atom stereocenters. The number of halogens is 1. The molecule has 5 nitrogen and oxygen atoms in total. The predicted molar refractivity (Wildman–Crippen MR) is 80.1 cm³/mol. The normalized spacial score (nSPS) is 24.9. The average molecular weight is 298 g/mol. The van der Waals surface area contributed by atoms with E-state index >= 15 is 0 Å². The third kappa shape index (κ3) is 3.42. The molecule has 3 unspecified atom stereocenters. The molecule has 0 aliphatic heterocycles. The summed E-state index contributed by atoms with van der Waals surface area (Å²) in [7, 11) is 0. The average Bonchev–Trinajstić information content (AvgIpc) is 2.40. The molecule has 1 fully saturated rings. The standard InChI is InChI=1S/C14H20ClN3O2/c1-3-20-12-7-11(16)13(12)18-14(19)17-9-5-4-8(2)10(15)6-9/h4-6,11-13H,3,7,16H2,1-2H3,(H2,17,18,19). The summed E-state index contributed by atoms with van der Waals surface area (Å²) < 4.78 is 5.50. The van der Waals surface area contributed by atoms with E-state index in [-0.39, 0.29) is 24.2 Å². The van der Waals surface area contributed by atoms with Crippen LogP contribution in [0.1, 0.15) is 18.9 Å². The first-order valence-electron chi connectivity index (χ1n) is 6.72. The molecule has 1 aliphatic carbocycles. The number of carbonyl (C=O) groups is 1. The minimum atomic E-state index is -0.297. The maximum absolute atomic E-state index is 11.9. The van der Waals surface area contributed by atoms with Crippen LogP contribution in [0.5, 0.6) is 0 Å². The Hall–Kier alpha value is -1.30. The number of aryl methyl sites for hydroxylation is 1. The third-order valence-electron chi connectivity index (χ3n) is 3.47. The zero-order chi connectivity index (χ0) is 14.7. The number of hydrogen-bond donors (Lipinski definition) is 3. The SMILES string of the molecule is CCOC1CC(N)C1NC(=O)Nc1ccc(C)c(Cl)c1. The van der Waals surface area contributed by atoms with E-state index in [0.29, 0.717) is 17.3 Å². The molecule has 0 heterocycles. The second-order valence-electron chi connectivity index (χ2n) is 4.98. The second kappa shape index (κ2) is 6.43. The summed E-state index contributed by atoms with van der Waals surface area (Å²) in [6.45, 7) is 4.45. The number of nitrogens with two attached hydrogens (primary N) is 1. The van der Waals surface area contributed by atoms with Gasteiger partial charge in [-0.25, -0.2) is 4.79 Å². The molecule has 1 saturated carbocycles. The number of rotatable bonds is 4. The van der Waals surface area contributed by atoms with Crippen molar-refractivity contribution in [3.63, 3.8) is 0 Å². The first-order chi connectivity index (χ1) is 9.51. The number of urea groups is 1. The van der Waals surface area contributed by atoms with E-state index in [1.807, 2.05) is 26.0 Å². The number of anilines is 1. The van der Waals surface area contributed by atoms with Crippen LogP contribution < -0.4 is 16.4 Å². The summed E-state index contributed by atoms with van der Waals surface area (Å²) in [4.78, 5) is 11.9. The molecule has 2 amide bonds. The number of nitrogens with one attached hydrogen (secondary N) is 2. The molecular formula is C14H20ClN3O2. The highest BCUT2D eigenvalue weighted by atomic mass is 35.5. The minimum Gasteiger partial charge on any atom is -0.376 e. The van der Waals surface area contributed by atoms with Crippen LogP contribution in [0.25, 0.3) is 0 Å². The van der Waals surface area contributed by atoms with Crippen molar-refractivity contribution in [2.75, 3.05) is 11.9 Å². The lowest BCUT2D eigenvalue weighted by molar-refractivity contribution is -0.0277. The Bertz CT molecular complexity index is 493. The Balaban J connectivity index is 1.90. The fraction of sp³-hybridized carbons (Fsp3) is 0.500. The molecule has 1 aromatic carbocycles. The number of ether oxygens (including phenoxy) is 1. The van der Waals surface area contributed by atoms with Crippen molar-refractivity contribution in [2.24, 2.45) is 5.73 Å². The van der Waals surface area contributed by atoms with Crippen LogP contribution >= 0.6 is 11.6 Å². The Morgan fingerprint density at radius 2 is 2.30 bits per heavy atom. The summed E-state index contributed by atoms with van der Waals surface area (Å²) in [5, 5.41) is 6.21. The highest BCUT2D eigenvalue weighted by molar-refractivity contribution is 6.31. The van der Waals surface area contributed by atoms with Gasteiger partial charge in [0.05, 0.1) is 12.1 Å². The quantitative estimate of drug-likeness (QED) is 0.798. The van der Waals surface area contributed by atoms with Gasteiger partial charge in [0.25, 0.3) is 0 Å². The van der Waals surface area contributed by atoms with Crippen molar-refractivity contribution in [1.29, 1.82) is 0 Å². The first-order valence-corrected chi connectivity index (χ1v) is 7.10. The predicted octanol–water partition coefficient (Wildman–Crippen LogP) is 2.27. The molecule has 1 aromatic rings. The lowest BCUT2D eigenvalue weighted by Gasteiger charge is -2.42. The Labute approximate surface area is 123 Å². The van der Waals surface area contributed by atoms with Crippen molar-refractivity contribution in [3.05, 3.63) is 28.8 Å². The van der Waals surface area contributed by atoms with Crippen LogP contribution in [-0.4, -0.2) is 30.8 Å². The lowest BCUT2D eigenvalue weighted by Crippen LogP contribution is -2.65. The van der Waals surface area contributed by atoms with E-state index in [2.05, 4.69) is 10.6 Å². The molecule has 1 aliphatic rings. The summed E-state index contributed by atoms with van der Waals surface area (Å²) >= 11 is 6.02. The van der Waals surface area contributed by atoms with Crippen LogP contribution in [-0.2, 0) is 4.74 Å². The highest BCUT2D eigenvalue weighted by Crippen LogP contribution is 2.23. The summed E-state index contributed by atoms with van der Waals surface area (Å²) in [6, 6.07) is 4.89. The monoisotopic (exact) mass is 297 g/mol. The molecule has 0 saturated heterocycles. The number of amides is 2.